The zero-order valence-electron chi connectivity index (χ0n) is 14.4. The normalized spacial score (nSPS) is 22.5. The zero-order chi connectivity index (χ0) is 17.4. The van der Waals surface area contributed by atoms with Crippen LogP contribution in [0.15, 0.2) is 22.7 Å². The lowest BCUT2D eigenvalue weighted by atomic mass is 10.0. The van der Waals surface area contributed by atoms with E-state index in [1.807, 2.05) is 25.1 Å². The summed E-state index contributed by atoms with van der Waals surface area (Å²) in [5.74, 6) is 3.18. The van der Waals surface area contributed by atoms with E-state index in [9.17, 15) is 5.11 Å². The average molecular weight is 346 g/mol. The lowest BCUT2D eigenvalue weighted by Crippen LogP contribution is -2.21. The molecule has 7 nitrogen and oxygen atoms in total. The molecule has 1 fully saturated rings. The van der Waals surface area contributed by atoms with Crippen molar-refractivity contribution in [1.29, 1.82) is 0 Å². The number of benzene rings is 1. The van der Waals surface area contributed by atoms with Gasteiger partial charge in [0.15, 0.2) is 11.5 Å². The third-order valence-corrected chi connectivity index (χ3v) is 4.79. The van der Waals surface area contributed by atoms with Crippen molar-refractivity contribution in [1.82, 2.24) is 10.1 Å². The topological polar surface area (TPSA) is 77.2 Å². The highest BCUT2D eigenvalue weighted by Gasteiger charge is 2.33. The lowest BCUT2D eigenvalue weighted by molar-refractivity contribution is 0.137. The number of aliphatic hydroxyl groups excluding tert-OH is 1. The smallest absolute Gasteiger partial charge is 0.231 e. The maximum atomic E-state index is 10.4. The fourth-order valence-electron chi connectivity index (χ4n) is 3.56. The molecule has 0 unspecified atom stereocenters. The van der Waals surface area contributed by atoms with Gasteiger partial charge in [-0.25, -0.2) is 0 Å². The molecule has 1 aromatic heterocycles. The molecule has 25 heavy (non-hydrogen) atoms. The second-order valence-corrected chi connectivity index (χ2v) is 6.68. The fraction of sp³-hybridized carbons (Fsp3) is 0.500. The number of fused-ring (bicyclic) bond motifs is 1. The number of likely N-dealkylation sites (tertiary alicyclic amines) is 1. The van der Waals surface area contributed by atoms with Crippen LogP contribution in [0.2, 0.25) is 0 Å². The molecule has 134 valence electrons. The number of nitrogens with zero attached hydrogens (tertiary/aromatic N) is 2. The molecular formula is C18H22N2O5. The Labute approximate surface area is 146 Å². The molecule has 0 amide bonds. The molecule has 3 heterocycles. The van der Waals surface area contributed by atoms with E-state index in [4.69, 9.17) is 18.7 Å². The van der Waals surface area contributed by atoms with Crippen molar-refractivity contribution in [3.8, 4) is 17.2 Å². The number of hydrogen-bond donors (Lipinski definition) is 1. The number of rotatable bonds is 5. The second kappa shape index (κ2) is 6.57. The minimum absolute atomic E-state index is 0.132. The second-order valence-electron chi connectivity index (χ2n) is 6.68. The van der Waals surface area contributed by atoms with Crippen LogP contribution >= 0.6 is 0 Å². The summed E-state index contributed by atoms with van der Waals surface area (Å²) in [6.45, 7) is 4.23. The predicted molar refractivity (Wildman–Crippen MR) is 88.8 cm³/mol. The Morgan fingerprint density at radius 3 is 2.76 bits per heavy atom. The first-order chi connectivity index (χ1) is 12.1. The molecule has 1 N–H and O–H groups in total. The standard InChI is InChI=1S/C18H22N2O5/c1-11-3-14(25-19-11)4-12-7-20(9-15(12)21)8-13-5-17-18(24-10-23-17)6-16(13)22-2/h3,5-6,12,15,21H,4,7-10H2,1-2H3/t12-,15+/m1/s1. The highest BCUT2D eigenvalue weighted by Crippen LogP contribution is 2.39. The van der Waals surface area contributed by atoms with Gasteiger partial charge in [-0.3, -0.25) is 4.90 Å². The molecule has 1 aromatic carbocycles. The number of ether oxygens (including phenoxy) is 3. The highest BCUT2D eigenvalue weighted by atomic mass is 16.7. The summed E-state index contributed by atoms with van der Waals surface area (Å²) in [5, 5.41) is 14.3. The summed E-state index contributed by atoms with van der Waals surface area (Å²) < 4.78 is 21.6. The average Bonchev–Trinajstić information content (AvgIpc) is 3.28. The van der Waals surface area contributed by atoms with E-state index in [2.05, 4.69) is 10.1 Å². The molecule has 7 heteroatoms. The van der Waals surface area contributed by atoms with Gasteiger partial charge in [-0.05, 0) is 13.0 Å². The van der Waals surface area contributed by atoms with Gasteiger partial charge >= 0.3 is 0 Å². The number of hydrogen-bond acceptors (Lipinski definition) is 7. The van der Waals surface area contributed by atoms with Crippen LogP contribution in [0.5, 0.6) is 17.2 Å². The molecule has 0 aliphatic carbocycles. The van der Waals surface area contributed by atoms with Crippen LogP contribution in [-0.2, 0) is 13.0 Å². The van der Waals surface area contributed by atoms with E-state index in [0.717, 1.165) is 35.1 Å². The van der Waals surface area contributed by atoms with Crippen LogP contribution in [0.25, 0.3) is 0 Å². The molecule has 0 bridgehead atoms. The SMILES string of the molecule is COc1cc2c(cc1CN1C[C@@H](Cc3cc(C)no3)[C@@H](O)C1)OCO2. The Kier molecular flexibility index (Phi) is 4.27. The molecule has 2 aliphatic rings. The summed E-state index contributed by atoms with van der Waals surface area (Å²) in [5.41, 5.74) is 1.89. The number of methoxy groups -OCH3 is 1. The number of aromatic nitrogens is 1. The summed E-state index contributed by atoms with van der Waals surface area (Å²) in [4.78, 5) is 2.22. The van der Waals surface area contributed by atoms with E-state index in [1.165, 1.54) is 0 Å². The first kappa shape index (κ1) is 16.2. The molecule has 2 aromatic rings. The van der Waals surface area contributed by atoms with Gasteiger partial charge in [-0.2, -0.15) is 0 Å². The van der Waals surface area contributed by atoms with Crippen molar-refractivity contribution < 1.29 is 23.8 Å². The molecule has 4 rings (SSSR count). The molecule has 0 spiro atoms. The maximum Gasteiger partial charge on any atom is 0.231 e. The molecule has 2 aliphatic heterocycles. The largest absolute Gasteiger partial charge is 0.496 e. The van der Waals surface area contributed by atoms with E-state index in [0.29, 0.717) is 25.3 Å². The van der Waals surface area contributed by atoms with Crippen LogP contribution in [0, 0.1) is 12.8 Å². The van der Waals surface area contributed by atoms with Gasteiger partial charge in [0.2, 0.25) is 6.79 Å². The third-order valence-electron chi connectivity index (χ3n) is 4.79. The first-order valence-electron chi connectivity index (χ1n) is 8.41. The quantitative estimate of drug-likeness (QED) is 0.884. The monoisotopic (exact) mass is 346 g/mol. The van der Waals surface area contributed by atoms with Gasteiger partial charge in [0.05, 0.1) is 18.9 Å². The molecule has 2 atom stereocenters. The molecule has 0 saturated carbocycles. The minimum Gasteiger partial charge on any atom is -0.496 e. The van der Waals surface area contributed by atoms with Crippen LogP contribution in [-0.4, -0.2) is 48.3 Å². The van der Waals surface area contributed by atoms with Gasteiger partial charge in [-0.1, -0.05) is 5.16 Å². The van der Waals surface area contributed by atoms with Crippen LogP contribution < -0.4 is 14.2 Å². The van der Waals surface area contributed by atoms with Crippen molar-refractivity contribution in [2.24, 2.45) is 5.92 Å². The Morgan fingerprint density at radius 1 is 1.24 bits per heavy atom. The Morgan fingerprint density at radius 2 is 2.04 bits per heavy atom. The fourth-order valence-corrected chi connectivity index (χ4v) is 3.56. The van der Waals surface area contributed by atoms with E-state index in [-0.39, 0.29) is 18.8 Å². The van der Waals surface area contributed by atoms with E-state index < -0.39 is 0 Å². The van der Waals surface area contributed by atoms with Gasteiger partial charge in [-0.15, -0.1) is 0 Å². The van der Waals surface area contributed by atoms with Crippen LogP contribution in [0.1, 0.15) is 17.0 Å². The number of aliphatic hydroxyl groups is 1. The van der Waals surface area contributed by atoms with Gasteiger partial charge in [0.1, 0.15) is 11.5 Å². The van der Waals surface area contributed by atoms with Gasteiger partial charge in [0.25, 0.3) is 0 Å². The summed E-state index contributed by atoms with van der Waals surface area (Å²) in [6, 6.07) is 5.75. The van der Waals surface area contributed by atoms with E-state index in [1.54, 1.807) is 7.11 Å². The zero-order valence-corrected chi connectivity index (χ0v) is 14.4. The Bertz CT molecular complexity index is 760. The number of aryl methyl sites for hydroxylation is 1. The van der Waals surface area contributed by atoms with E-state index >= 15 is 0 Å². The van der Waals surface area contributed by atoms with Crippen LogP contribution in [0.4, 0.5) is 0 Å². The highest BCUT2D eigenvalue weighted by molar-refractivity contribution is 5.51. The third kappa shape index (κ3) is 3.29. The Hall–Kier alpha value is -2.25. The lowest BCUT2D eigenvalue weighted by Gasteiger charge is -2.18. The van der Waals surface area contributed by atoms with Crippen LogP contribution in [0.3, 0.4) is 0 Å². The van der Waals surface area contributed by atoms with Gasteiger partial charge in [0, 0.05) is 49.7 Å². The summed E-state index contributed by atoms with van der Waals surface area (Å²) in [6.07, 6.45) is 0.307. The molecular weight excluding hydrogens is 324 g/mol. The minimum atomic E-state index is -0.384. The predicted octanol–water partition coefficient (Wildman–Crippen LogP) is 1.76. The first-order valence-corrected chi connectivity index (χ1v) is 8.41. The Balaban J connectivity index is 1.45. The van der Waals surface area contributed by atoms with Crippen molar-refractivity contribution in [2.45, 2.75) is 26.0 Å². The summed E-state index contributed by atoms with van der Waals surface area (Å²) in [7, 11) is 1.65. The van der Waals surface area contributed by atoms with Crippen molar-refractivity contribution in [3.05, 3.63) is 35.2 Å². The number of β-amino-alcohol motifs (C(OH)–C–C–N with tert-alkyl or cyclic N) is 1. The van der Waals surface area contributed by atoms with Crippen molar-refractivity contribution in [3.63, 3.8) is 0 Å². The van der Waals surface area contributed by atoms with Crippen molar-refractivity contribution in [2.75, 3.05) is 27.0 Å². The van der Waals surface area contributed by atoms with Gasteiger partial charge < -0.3 is 23.8 Å². The molecule has 0 radical (unpaired) electrons. The maximum absolute atomic E-state index is 10.4. The van der Waals surface area contributed by atoms with Crippen molar-refractivity contribution >= 4 is 0 Å². The molecule has 1 saturated heterocycles. The summed E-state index contributed by atoms with van der Waals surface area (Å²) >= 11 is 0.